The van der Waals surface area contributed by atoms with Gasteiger partial charge in [-0.2, -0.15) is 13.2 Å². The molecule has 1 aliphatic heterocycles. The van der Waals surface area contributed by atoms with Crippen molar-refractivity contribution in [1.29, 1.82) is 0 Å². The van der Waals surface area contributed by atoms with Gasteiger partial charge in [0.05, 0.1) is 31.2 Å². The summed E-state index contributed by atoms with van der Waals surface area (Å²) in [6, 6.07) is 4.11. The van der Waals surface area contributed by atoms with Crippen LogP contribution in [0.5, 0.6) is 0 Å². The number of fused-ring (bicyclic) bond motifs is 1. The van der Waals surface area contributed by atoms with Crippen molar-refractivity contribution in [3.63, 3.8) is 0 Å². The van der Waals surface area contributed by atoms with Crippen LogP contribution in [-0.2, 0) is 29.0 Å². The highest BCUT2D eigenvalue weighted by atomic mass is 19.4. The predicted molar refractivity (Wildman–Crippen MR) is 93.9 cm³/mol. The minimum absolute atomic E-state index is 0.159. The van der Waals surface area contributed by atoms with Crippen LogP contribution in [0.3, 0.4) is 0 Å². The van der Waals surface area contributed by atoms with Crippen LogP contribution in [0, 0.1) is 5.92 Å². The second kappa shape index (κ2) is 8.95. The van der Waals surface area contributed by atoms with Crippen molar-refractivity contribution < 1.29 is 32.2 Å². The molecule has 0 amide bonds. The molecular weight excluding hydrogens is 393 g/mol. The second-order valence-electron chi connectivity index (χ2n) is 7.12. The fraction of sp³-hybridized carbons (Fsp3) is 0.611. The third-order valence-corrected chi connectivity index (χ3v) is 4.89. The summed E-state index contributed by atoms with van der Waals surface area (Å²) in [5.74, 6) is -0.963. The van der Waals surface area contributed by atoms with E-state index in [1.807, 2.05) is 12.1 Å². The minimum atomic E-state index is -5.08. The van der Waals surface area contributed by atoms with E-state index in [2.05, 4.69) is 19.9 Å². The molecule has 8 nitrogen and oxygen atoms in total. The summed E-state index contributed by atoms with van der Waals surface area (Å²) in [5, 5.41) is 16.0. The molecule has 1 fully saturated rings. The number of hydrogen-bond donors (Lipinski definition) is 1. The molecule has 2 aromatic rings. The molecular formula is C18H23F3N4O4. The highest BCUT2D eigenvalue weighted by Gasteiger charge is 2.38. The lowest BCUT2D eigenvalue weighted by molar-refractivity contribution is -0.192. The van der Waals surface area contributed by atoms with Crippen LogP contribution in [0.15, 0.2) is 22.8 Å². The van der Waals surface area contributed by atoms with E-state index in [9.17, 15) is 13.2 Å². The number of ether oxygens (including phenoxy) is 1. The maximum atomic E-state index is 10.6. The molecule has 29 heavy (non-hydrogen) atoms. The van der Waals surface area contributed by atoms with E-state index in [4.69, 9.17) is 19.1 Å². The second-order valence-corrected chi connectivity index (χ2v) is 7.12. The van der Waals surface area contributed by atoms with Crippen LogP contribution in [0.1, 0.15) is 36.0 Å². The van der Waals surface area contributed by atoms with Crippen LogP contribution in [0.25, 0.3) is 0 Å². The van der Waals surface area contributed by atoms with Crippen molar-refractivity contribution in [1.82, 2.24) is 19.9 Å². The van der Waals surface area contributed by atoms with Gasteiger partial charge in [0.15, 0.2) is 0 Å². The lowest BCUT2D eigenvalue weighted by atomic mass is 10.0. The summed E-state index contributed by atoms with van der Waals surface area (Å²) in [5.41, 5.74) is 2.38. The third-order valence-electron chi connectivity index (χ3n) is 4.89. The number of carboxylic acids is 1. The first-order valence-corrected chi connectivity index (χ1v) is 9.27. The molecule has 160 valence electrons. The lowest BCUT2D eigenvalue weighted by Gasteiger charge is -2.33. The van der Waals surface area contributed by atoms with E-state index in [0.717, 1.165) is 43.4 Å². The SMILES string of the molecule is COCC1c2nnn(CC3CC3)c2CCN1Cc1ccco1.O=C(O)C(F)(F)F. The molecule has 2 aromatic heterocycles. The number of carbonyl (C=O) groups is 1. The van der Waals surface area contributed by atoms with Crippen molar-refractivity contribution in [2.75, 3.05) is 20.3 Å². The Morgan fingerprint density at radius 1 is 1.41 bits per heavy atom. The van der Waals surface area contributed by atoms with Crippen molar-refractivity contribution in [3.8, 4) is 0 Å². The molecule has 1 unspecified atom stereocenters. The van der Waals surface area contributed by atoms with Gasteiger partial charge in [-0.05, 0) is 30.9 Å². The Balaban J connectivity index is 0.000000298. The molecule has 0 aromatic carbocycles. The van der Waals surface area contributed by atoms with E-state index < -0.39 is 12.1 Å². The normalized spacial score (nSPS) is 19.4. The molecule has 1 N–H and O–H groups in total. The number of aromatic nitrogens is 3. The molecule has 0 spiro atoms. The summed E-state index contributed by atoms with van der Waals surface area (Å²) >= 11 is 0. The average molecular weight is 416 g/mol. The van der Waals surface area contributed by atoms with Gasteiger partial charge >= 0.3 is 12.1 Å². The van der Waals surface area contributed by atoms with Gasteiger partial charge in [0.2, 0.25) is 0 Å². The molecule has 1 saturated carbocycles. The zero-order valence-corrected chi connectivity index (χ0v) is 15.9. The number of alkyl halides is 3. The van der Waals surface area contributed by atoms with Crippen molar-refractivity contribution in [2.24, 2.45) is 5.92 Å². The van der Waals surface area contributed by atoms with E-state index in [0.29, 0.717) is 6.61 Å². The summed E-state index contributed by atoms with van der Waals surface area (Å²) in [6.45, 7) is 3.44. The van der Waals surface area contributed by atoms with E-state index >= 15 is 0 Å². The smallest absolute Gasteiger partial charge is 0.475 e. The maximum absolute atomic E-state index is 10.6. The summed E-state index contributed by atoms with van der Waals surface area (Å²) in [4.78, 5) is 11.3. The zero-order valence-electron chi connectivity index (χ0n) is 15.9. The summed E-state index contributed by atoms with van der Waals surface area (Å²) in [7, 11) is 1.74. The average Bonchev–Trinajstić information content (AvgIpc) is 3.15. The molecule has 1 aliphatic carbocycles. The van der Waals surface area contributed by atoms with Crippen molar-refractivity contribution in [3.05, 3.63) is 35.5 Å². The Bertz CT molecular complexity index is 803. The highest BCUT2D eigenvalue weighted by molar-refractivity contribution is 5.73. The molecule has 0 bridgehead atoms. The van der Waals surface area contributed by atoms with Crippen molar-refractivity contribution in [2.45, 2.75) is 44.6 Å². The number of hydrogen-bond acceptors (Lipinski definition) is 6. The van der Waals surface area contributed by atoms with Gasteiger partial charge in [0, 0.05) is 26.6 Å². The number of methoxy groups -OCH3 is 1. The molecule has 4 rings (SSSR count). The Morgan fingerprint density at radius 3 is 2.69 bits per heavy atom. The lowest BCUT2D eigenvalue weighted by Crippen LogP contribution is -2.38. The maximum Gasteiger partial charge on any atom is 0.490 e. The molecule has 11 heteroatoms. The molecule has 1 atom stereocenters. The van der Waals surface area contributed by atoms with Gasteiger partial charge < -0.3 is 14.3 Å². The zero-order chi connectivity index (χ0) is 21.0. The number of nitrogens with zero attached hydrogens (tertiary/aromatic N) is 4. The Kier molecular flexibility index (Phi) is 6.58. The highest BCUT2D eigenvalue weighted by Crippen LogP contribution is 2.34. The fourth-order valence-electron chi connectivity index (χ4n) is 3.27. The van der Waals surface area contributed by atoms with Crippen LogP contribution < -0.4 is 0 Å². The monoisotopic (exact) mass is 416 g/mol. The predicted octanol–water partition coefficient (Wildman–Crippen LogP) is 2.66. The number of aliphatic carboxylic acids is 1. The first kappa shape index (κ1) is 21.3. The summed E-state index contributed by atoms with van der Waals surface area (Å²) in [6.07, 6.45) is 0.305. The fourth-order valence-corrected chi connectivity index (χ4v) is 3.27. The first-order chi connectivity index (χ1) is 13.8. The Morgan fingerprint density at radius 2 is 2.14 bits per heavy atom. The van der Waals surface area contributed by atoms with Crippen LogP contribution in [0.4, 0.5) is 13.2 Å². The van der Waals surface area contributed by atoms with Gasteiger partial charge in [-0.25, -0.2) is 9.48 Å². The van der Waals surface area contributed by atoms with Crippen LogP contribution >= 0.6 is 0 Å². The van der Waals surface area contributed by atoms with Crippen molar-refractivity contribution >= 4 is 5.97 Å². The van der Waals surface area contributed by atoms with E-state index in [1.165, 1.54) is 18.5 Å². The van der Waals surface area contributed by atoms with Gasteiger partial charge in [0.25, 0.3) is 0 Å². The largest absolute Gasteiger partial charge is 0.490 e. The topological polar surface area (TPSA) is 93.6 Å². The number of rotatable bonds is 6. The Hall–Kier alpha value is -2.40. The Labute approximate surface area is 165 Å². The molecule has 3 heterocycles. The summed E-state index contributed by atoms with van der Waals surface area (Å²) < 4.78 is 44.8. The van der Waals surface area contributed by atoms with E-state index in [1.54, 1.807) is 13.4 Å². The minimum Gasteiger partial charge on any atom is -0.475 e. The van der Waals surface area contributed by atoms with Crippen LogP contribution in [-0.4, -0.2) is 57.4 Å². The molecule has 0 saturated heterocycles. The standard InChI is InChI=1S/C16H22N4O2.C2HF3O2/c1-21-11-15-16-14(20(18-17-16)9-12-4-5-12)6-7-19(15)10-13-3-2-8-22-13;3-2(4,5)1(6)7/h2-3,8,12,15H,4-7,9-11H2,1H3;(H,6,7). The number of furan rings is 1. The molecule has 0 radical (unpaired) electrons. The quantitative estimate of drug-likeness (QED) is 0.774. The van der Waals surface area contributed by atoms with E-state index in [-0.39, 0.29) is 6.04 Å². The van der Waals surface area contributed by atoms with Gasteiger partial charge in [-0.3, -0.25) is 4.90 Å². The number of carboxylic acid groups (broad SMARTS) is 1. The first-order valence-electron chi connectivity index (χ1n) is 9.27. The van der Waals surface area contributed by atoms with Gasteiger partial charge in [0.1, 0.15) is 11.5 Å². The number of halogens is 3. The molecule has 2 aliphatic rings. The van der Waals surface area contributed by atoms with Gasteiger partial charge in [-0.1, -0.05) is 5.21 Å². The van der Waals surface area contributed by atoms with Crippen LogP contribution in [0.2, 0.25) is 0 Å². The van der Waals surface area contributed by atoms with Gasteiger partial charge in [-0.15, -0.1) is 5.10 Å². The third kappa shape index (κ3) is 5.57.